The van der Waals surface area contributed by atoms with E-state index in [2.05, 4.69) is 10.3 Å². The summed E-state index contributed by atoms with van der Waals surface area (Å²) in [5.41, 5.74) is 6.18. The van der Waals surface area contributed by atoms with E-state index < -0.39 is 4.92 Å². The number of nitro groups is 1. The van der Waals surface area contributed by atoms with Crippen LogP contribution in [0.15, 0.2) is 35.4 Å². The van der Waals surface area contributed by atoms with Crippen LogP contribution in [0.5, 0.6) is 0 Å². The van der Waals surface area contributed by atoms with E-state index in [1.165, 1.54) is 30.3 Å². The molecule has 0 aliphatic carbocycles. The molecule has 9 nitrogen and oxygen atoms in total. The molecule has 1 aromatic heterocycles. The number of thioether (sulfide) groups is 1. The van der Waals surface area contributed by atoms with Gasteiger partial charge in [-0.05, 0) is 18.2 Å². The van der Waals surface area contributed by atoms with Crippen molar-refractivity contribution in [2.24, 2.45) is 0 Å². The molecule has 0 radical (unpaired) electrons. The summed E-state index contributed by atoms with van der Waals surface area (Å²) >= 11 is 0.997. The summed E-state index contributed by atoms with van der Waals surface area (Å²) in [4.78, 5) is 26.0. The molecular weight excluding hydrogens is 344 g/mol. The number of non-ortho nitro benzene ring substituents is 1. The highest BCUT2D eigenvalue weighted by atomic mass is 32.2. The van der Waals surface area contributed by atoms with Gasteiger partial charge in [-0.1, -0.05) is 11.8 Å². The van der Waals surface area contributed by atoms with E-state index in [0.29, 0.717) is 5.69 Å². The summed E-state index contributed by atoms with van der Waals surface area (Å²) in [6, 6.07) is 10.4. The number of nitro benzene ring substituents is 1. The molecule has 0 saturated carbocycles. The molecule has 2 rings (SSSR count). The van der Waals surface area contributed by atoms with Crippen LogP contribution in [0.3, 0.4) is 0 Å². The Morgan fingerprint density at radius 2 is 1.92 bits per heavy atom. The fourth-order valence-electron chi connectivity index (χ4n) is 1.79. The third-order valence-electron chi connectivity index (χ3n) is 2.96. The first-order chi connectivity index (χ1) is 11.9. The Balaban J connectivity index is 2.03. The summed E-state index contributed by atoms with van der Waals surface area (Å²) in [7, 11) is 0. The molecule has 0 spiro atoms. The minimum atomic E-state index is -0.536. The monoisotopic (exact) mass is 354 g/mol. The zero-order valence-corrected chi connectivity index (χ0v) is 13.4. The quantitative estimate of drug-likeness (QED) is 0.469. The number of carbonyl (C=O) groups excluding carboxylic acids is 1. The number of nitrogen functional groups attached to an aromatic ring is 1. The van der Waals surface area contributed by atoms with Crippen molar-refractivity contribution in [3.8, 4) is 12.1 Å². The molecule has 1 amide bonds. The highest BCUT2D eigenvalue weighted by molar-refractivity contribution is 8.00. The zero-order valence-electron chi connectivity index (χ0n) is 12.6. The van der Waals surface area contributed by atoms with E-state index >= 15 is 0 Å². The van der Waals surface area contributed by atoms with E-state index in [1.807, 2.05) is 12.1 Å². The Kier molecular flexibility index (Phi) is 5.50. The predicted octanol–water partition coefficient (Wildman–Crippen LogP) is 2.05. The first kappa shape index (κ1) is 17.7. The second-order valence-corrected chi connectivity index (χ2v) is 5.60. The normalized spacial score (nSPS) is 9.68. The number of nitriles is 2. The predicted molar refractivity (Wildman–Crippen MR) is 90.5 cm³/mol. The van der Waals surface area contributed by atoms with Crippen LogP contribution < -0.4 is 11.1 Å². The van der Waals surface area contributed by atoms with E-state index in [-0.39, 0.29) is 39.3 Å². The van der Waals surface area contributed by atoms with Crippen LogP contribution in [0.4, 0.5) is 17.2 Å². The van der Waals surface area contributed by atoms with Crippen molar-refractivity contribution in [2.75, 3.05) is 16.8 Å². The number of rotatable bonds is 5. The van der Waals surface area contributed by atoms with Crippen molar-refractivity contribution >= 4 is 34.9 Å². The summed E-state index contributed by atoms with van der Waals surface area (Å²) in [5.74, 6) is -0.448. The van der Waals surface area contributed by atoms with E-state index in [4.69, 9.17) is 16.3 Å². The number of benzene rings is 1. The van der Waals surface area contributed by atoms with Crippen molar-refractivity contribution in [2.45, 2.75) is 5.03 Å². The van der Waals surface area contributed by atoms with Crippen LogP contribution in [0.1, 0.15) is 11.1 Å². The lowest BCUT2D eigenvalue weighted by Gasteiger charge is -2.07. The number of carbonyl (C=O) groups is 1. The lowest BCUT2D eigenvalue weighted by molar-refractivity contribution is -0.384. The summed E-state index contributed by atoms with van der Waals surface area (Å²) in [6.45, 7) is 0. The molecule has 0 atom stereocenters. The molecule has 0 aliphatic rings. The largest absolute Gasteiger partial charge is 0.383 e. The van der Waals surface area contributed by atoms with Gasteiger partial charge in [0.2, 0.25) is 5.91 Å². The second-order valence-electron chi connectivity index (χ2n) is 4.64. The van der Waals surface area contributed by atoms with Crippen LogP contribution in [0.2, 0.25) is 0 Å². The highest BCUT2D eigenvalue weighted by Gasteiger charge is 2.13. The third kappa shape index (κ3) is 4.43. The number of amides is 1. The maximum absolute atomic E-state index is 12.0. The Labute approximate surface area is 146 Å². The Morgan fingerprint density at radius 1 is 1.28 bits per heavy atom. The average molecular weight is 354 g/mol. The second kappa shape index (κ2) is 7.77. The molecule has 0 aliphatic heterocycles. The van der Waals surface area contributed by atoms with Gasteiger partial charge in [-0.25, -0.2) is 4.98 Å². The maximum Gasteiger partial charge on any atom is 0.269 e. The minimum absolute atomic E-state index is 0.0141. The van der Waals surface area contributed by atoms with Crippen molar-refractivity contribution in [3.05, 3.63) is 51.6 Å². The Bertz CT molecular complexity index is 915. The van der Waals surface area contributed by atoms with Gasteiger partial charge in [0.25, 0.3) is 5.69 Å². The van der Waals surface area contributed by atoms with Gasteiger partial charge in [0, 0.05) is 17.8 Å². The molecule has 25 heavy (non-hydrogen) atoms. The van der Waals surface area contributed by atoms with Crippen molar-refractivity contribution in [1.82, 2.24) is 4.98 Å². The van der Waals surface area contributed by atoms with Crippen molar-refractivity contribution in [1.29, 1.82) is 10.5 Å². The van der Waals surface area contributed by atoms with E-state index in [9.17, 15) is 14.9 Å². The molecule has 10 heteroatoms. The highest BCUT2D eigenvalue weighted by Crippen LogP contribution is 2.24. The Hall–Kier alpha value is -3.63. The number of nitrogens with two attached hydrogens (primary N) is 1. The smallest absolute Gasteiger partial charge is 0.269 e. The molecule has 0 saturated heterocycles. The maximum atomic E-state index is 12.0. The van der Waals surface area contributed by atoms with E-state index in [0.717, 1.165) is 11.8 Å². The van der Waals surface area contributed by atoms with Crippen LogP contribution in [-0.4, -0.2) is 21.6 Å². The van der Waals surface area contributed by atoms with Crippen LogP contribution in [0.25, 0.3) is 0 Å². The molecule has 124 valence electrons. The van der Waals surface area contributed by atoms with Gasteiger partial charge in [-0.15, -0.1) is 0 Å². The minimum Gasteiger partial charge on any atom is -0.383 e. The van der Waals surface area contributed by atoms with Crippen molar-refractivity contribution < 1.29 is 9.72 Å². The fraction of sp³-hybridized carbons (Fsp3) is 0.0667. The van der Waals surface area contributed by atoms with Gasteiger partial charge >= 0.3 is 0 Å². The standard InChI is InChI=1S/C15H10N6O3S/c16-6-9-5-10(7-17)15(20-14(9)18)25-8-13(22)19-11-1-3-12(4-2-11)21(23)24/h1-5H,8H2,(H2,18,20)(H,19,22). The molecule has 0 bridgehead atoms. The first-order valence-electron chi connectivity index (χ1n) is 6.72. The number of hydrogen-bond donors (Lipinski definition) is 2. The molecule has 1 heterocycles. The van der Waals surface area contributed by atoms with Gasteiger partial charge in [-0.3, -0.25) is 14.9 Å². The number of hydrogen-bond acceptors (Lipinski definition) is 8. The van der Waals surface area contributed by atoms with E-state index in [1.54, 1.807) is 0 Å². The summed E-state index contributed by atoms with van der Waals surface area (Å²) in [6.07, 6.45) is 0. The zero-order chi connectivity index (χ0) is 18.4. The average Bonchev–Trinajstić information content (AvgIpc) is 2.60. The molecular formula is C15H10N6O3S. The molecule has 0 unspecified atom stereocenters. The van der Waals surface area contributed by atoms with Crippen LogP contribution in [0, 0.1) is 32.8 Å². The molecule has 1 aromatic carbocycles. The third-order valence-corrected chi connectivity index (χ3v) is 3.95. The Morgan fingerprint density at radius 3 is 2.48 bits per heavy atom. The summed E-state index contributed by atoms with van der Waals surface area (Å²) in [5, 5.41) is 31.4. The molecule has 3 N–H and O–H groups in total. The van der Waals surface area contributed by atoms with Gasteiger partial charge in [0.15, 0.2) is 0 Å². The fourth-order valence-corrected chi connectivity index (χ4v) is 2.55. The number of anilines is 2. The van der Waals surface area contributed by atoms with Gasteiger partial charge in [0.1, 0.15) is 23.0 Å². The number of nitrogens with one attached hydrogen (secondary N) is 1. The SMILES string of the molecule is N#Cc1cc(C#N)c(SCC(=O)Nc2ccc([N+](=O)[O-])cc2)nc1N. The van der Waals surface area contributed by atoms with Crippen LogP contribution >= 0.6 is 11.8 Å². The number of pyridine rings is 1. The number of nitrogens with zero attached hydrogens (tertiary/aromatic N) is 4. The topological polar surface area (TPSA) is 159 Å². The van der Waals surface area contributed by atoms with Gasteiger partial charge < -0.3 is 11.1 Å². The van der Waals surface area contributed by atoms with Gasteiger partial charge in [-0.2, -0.15) is 10.5 Å². The first-order valence-corrected chi connectivity index (χ1v) is 7.71. The lowest BCUT2D eigenvalue weighted by atomic mass is 10.2. The summed E-state index contributed by atoms with van der Waals surface area (Å²) < 4.78 is 0. The van der Waals surface area contributed by atoms with Crippen LogP contribution in [-0.2, 0) is 4.79 Å². The molecule has 0 fully saturated rings. The van der Waals surface area contributed by atoms with Crippen molar-refractivity contribution in [3.63, 3.8) is 0 Å². The molecule has 2 aromatic rings. The van der Waals surface area contributed by atoms with Gasteiger partial charge in [0.05, 0.1) is 21.8 Å². The number of aromatic nitrogens is 1. The lowest BCUT2D eigenvalue weighted by Crippen LogP contribution is -2.14.